The maximum absolute atomic E-state index is 13.9. The van der Waals surface area contributed by atoms with Crippen LogP contribution in [0.15, 0.2) is 30.0 Å². The third-order valence-electron chi connectivity index (χ3n) is 16.0. The molecule has 5 aliphatic rings. The molecule has 0 bridgehead atoms. The van der Waals surface area contributed by atoms with E-state index < -0.39 is 72.7 Å². The zero-order chi connectivity index (χ0) is 60.1. The van der Waals surface area contributed by atoms with Crippen LogP contribution in [0.3, 0.4) is 0 Å². The summed E-state index contributed by atoms with van der Waals surface area (Å²) < 4.78 is 2.14. The molecule has 34 heteroatoms. The Kier molecular flexibility index (Phi) is 26.6. The number of pyridine rings is 2. The number of hydrogen-bond donors (Lipinski definition) is 20. The molecule has 3 aliphatic carbocycles. The highest BCUT2D eigenvalue weighted by Gasteiger charge is 2.35. The fourth-order valence-corrected chi connectivity index (χ4v) is 11.9. The smallest absolute Gasteiger partial charge is 0.281 e. The van der Waals surface area contributed by atoms with Gasteiger partial charge < -0.3 is 20.4 Å². The number of aliphatic hydroxyl groups excluding tert-OH is 2. The van der Waals surface area contributed by atoms with Crippen LogP contribution in [0.1, 0.15) is 86.5 Å². The molecule has 468 valence electrons. The van der Waals surface area contributed by atoms with Gasteiger partial charge in [0.15, 0.2) is 11.4 Å². The number of nitriles is 2. The molecule has 10 atom stereocenters. The van der Waals surface area contributed by atoms with Crippen LogP contribution in [0, 0.1) is 60.2 Å². The Morgan fingerprint density at radius 1 is 0.512 bits per heavy atom. The quantitative estimate of drug-likeness (QED) is 0.0235. The number of nitrogens with one attached hydrogen (secondary N) is 12. The zero-order valence-corrected chi connectivity index (χ0v) is 47.2. The van der Waals surface area contributed by atoms with Crippen molar-refractivity contribution in [2.45, 2.75) is 153 Å². The summed E-state index contributed by atoms with van der Waals surface area (Å²) in [6.07, 6.45) is 3.50. The van der Waals surface area contributed by atoms with E-state index in [0.29, 0.717) is 38.5 Å². The largest absolute Gasteiger partial charge is 0.493 e. The topological polar surface area (TPSA) is 484 Å². The molecule has 2 saturated heterocycles. The highest BCUT2D eigenvalue weighted by Crippen LogP contribution is 2.35. The number of hydrogen-bond acceptors (Lipinski definition) is 32. The van der Waals surface area contributed by atoms with E-state index in [9.17, 15) is 40.5 Å². The predicted octanol–water partition coefficient (Wildman–Crippen LogP) is -1.72. The van der Waals surface area contributed by atoms with E-state index >= 15 is 0 Å². The van der Waals surface area contributed by atoms with Gasteiger partial charge in [0.05, 0.1) is 51.7 Å². The molecule has 20 N–H and O–H groups in total. The van der Waals surface area contributed by atoms with Gasteiger partial charge in [0.1, 0.15) is 61.0 Å². The molecular formula is C50H84N20O14. The average Bonchev–Trinajstić information content (AvgIpc) is 2.14. The highest BCUT2D eigenvalue weighted by atomic mass is 17.1. The monoisotopic (exact) mass is 1190 g/mol. The molecule has 2 aromatic rings. The normalized spacial score (nSPS) is 29.5. The van der Waals surface area contributed by atoms with E-state index in [0.717, 1.165) is 34.8 Å². The molecular weight excluding hydrogens is 1100 g/mol. The molecule has 2 aliphatic heterocycles. The van der Waals surface area contributed by atoms with Gasteiger partial charge in [-0.15, -0.1) is 10.2 Å². The summed E-state index contributed by atoms with van der Waals surface area (Å²) in [5.74, 6) is -1.41. The minimum atomic E-state index is -0.647. The summed E-state index contributed by atoms with van der Waals surface area (Å²) >= 11 is 0. The van der Waals surface area contributed by atoms with Crippen molar-refractivity contribution in [3.63, 3.8) is 0 Å². The second-order valence-corrected chi connectivity index (χ2v) is 22.0. The fourth-order valence-electron chi connectivity index (χ4n) is 11.9. The van der Waals surface area contributed by atoms with Crippen LogP contribution in [0.4, 0.5) is 11.4 Å². The van der Waals surface area contributed by atoms with Crippen molar-refractivity contribution < 1.29 is 61.0 Å². The maximum atomic E-state index is 13.9. The molecule has 10 unspecified atom stereocenters. The first-order valence-corrected chi connectivity index (χ1v) is 28.6. The Morgan fingerprint density at radius 2 is 0.821 bits per heavy atom. The Balaban J connectivity index is 0.922. The molecule has 84 heavy (non-hydrogen) atoms. The number of azo groups is 2. The summed E-state index contributed by atoms with van der Waals surface area (Å²) in [4.78, 5) is 45.3. The third kappa shape index (κ3) is 18.4. The van der Waals surface area contributed by atoms with E-state index in [1.807, 2.05) is 12.1 Å². The average molecular weight is 1190 g/mol. The standard InChI is InChI=1S/C50H84N20O14/c1-27-37(21-51)41(73)69(43(75)39(27)67-65-35-17-29(23-81-77)15-30(18-35)24-82-78)11-7-53-45-59-47(55-9-13-71)63-49(61-45)57-33-3-5-34(6-4-33)58-50-62-46(60-48(64-50)56-10-14-72)54-8-12-70-42(74)38(22-52)28(2)40(44(70)76)68-66-36-19-31(25-83-79)16-32(20-36)26-84-80/h29-36,45-50,53-64,71-74,77-80H,3-20,23-26H2,1-2H3. The SMILES string of the molecule is Cc1c(C#N)c(O)n(CCNC2NC(NCCO)NC(NC3CCC(NC4NC(NCCO)NC(NCCn5c(O)c(C#N)c(C)c(N=NC6CC(COO)CC(COO)C6)c5=O)N4)CC3)N2)c(=O)c1N=NC1CC(COO)CC(COO)C1. The van der Waals surface area contributed by atoms with Crippen LogP contribution in [0.2, 0.25) is 0 Å². The van der Waals surface area contributed by atoms with Crippen LogP contribution < -0.4 is 74.9 Å². The van der Waals surface area contributed by atoms with Gasteiger partial charge in [-0.25, -0.2) is 19.6 Å². The van der Waals surface area contributed by atoms with Gasteiger partial charge in [-0.05, 0) is 102 Å². The lowest BCUT2D eigenvalue weighted by Gasteiger charge is -2.43. The van der Waals surface area contributed by atoms with Crippen LogP contribution in [-0.2, 0) is 32.6 Å². The van der Waals surface area contributed by atoms with Gasteiger partial charge in [0, 0.05) is 62.5 Å². The Bertz CT molecular complexity index is 2470. The Morgan fingerprint density at radius 3 is 1.12 bits per heavy atom. The second-order valence-electron chi connectivity index (χ2n) is 22.0. The molecule has 0 spiro atoms. The first kappa shape index (κ1) is 66.3. The Hall–Kier alpha value is -5.20. The first-order chi connectivity index (χ1) is 40.7. The Labute approximate surface area is 484 Å². The summed E-state index contributed by atoms with van der Waals surface area (Å²) in [7, 11) is 0. The molecule has 0 radical (unpaired) electrons. The number of aromatic nitrogens is 2. The molecule has 7 rings (SSSR count). The first-order valence-electron chi connectivity index (χ1n) is 28.6. The molecule has 0 amide bonds. The van der Waals surface area contributed by atoms with Gasteiger partial charge >= 0.3 is 0 Å². The lowest BCUT2D eigenvalue weighted by atomic mass is 9.79. The predicted molar refractivity (Wildman–Crippen MR) is 296 cm³/mol. The minimum Gasteiger partial charge on any atom is -0.493 e. The fraction of sp³-hybridized carbons (Fsp3) is 0.760. The van der Waals surface area contributed by atoms with Crippen molar-refractivity contribution in [2.24, 2.45) is 44.1 Å². The molecule has 2 aromatic heterocycles. The van der Waals surface area contributed by atoms with Gasteiger partial charge in [-0.3, -0.25) is 104 Å². The van der Waals surface area contributed by atoms with Crippen LogP contribution in [-0.4, -0.2) is 178 Å². The van der Waals surface area contributed by atoms with Crippen molar-refractivity contribution in [1.82, 2.24) is 72.9 Å². The van der Waals surface area contributed by atoms with Crippen LogP contribution >= 0.6 is 0 Å². The lowest BCUT2D eigenvalue weighted by molar-refractivity contribution is -0.263. The number of rotatable bonds is 30. The van der Waals surface area contributed by atoms with Crippen LogP contribution in [0.5, 0.6) is 11.8 Å². The van der Waals surface area contributed by atoms with Crippen molar-refractivity contribution >= 4 is 11.4 Å². The van der Waals surface area contributed by atoms with E-state index in [4.69, 9.17) is 21.0 Å². The van der Waals surface area contributed by atoms with Crippen molar-refractivity contribution in [1.29, 1.82) is 10.5 Å². The van der Waals surface area contributed by atoms with Crippen molar-refractivity contribution in [3.8, 4) is 23.9 Å². The van der Waals surface area contributed by atoms with Gasteiger partial charge in [0.25, 0.3) is 11.1 Å². The van der Waals surface area contributed by atoms with Gasteiger partial charge in [-0.1, -0.05) is 0 Å². The number of nitrogens with zero attached hydrogens (tertiary/aromatic N) is 8. The van der Waals surface area contributed by atoms with Crippen molar-refractivity contribution in [3.05, 3.63) is 43.0 Å². The van der Waals surface area contributed by atoms with E-state index in [2.05, 4.69) is 104 Å². The second kappa shape index (κ2) is 33.6. The third-order valence-corrected chi connectivity index (χ3v) is 16.0. The van der Waals surface area contributed by atoms with Crippen LogP contribution in [0.25, 0.3) is 0 Å². The summed E-state index contributed by atoms with van der Waals surface area (Å²) in [6, 6.07) is 3.34. The number of aromatic hydroxyl groups is 2. The summed E-state index contributed by atoms with van der Waals surface area (Å²) in [5.41, 5.74) is -1.39. The van der Waals surface area contributed by atoms with Crippen molar-refractivity contribution in [2.75, 3.05) is 65.8 Å². The van der Waals surface area contributed by atoms with E-state index in [-0.39, 0.29) is 148 Å². The molecule has 34 nitrogen and oxygen atoms in total. The van der Waals surface area contributed by atoms with Gasteiger partial charge in [-0.2, -0.15) is 20.8 Å². The highest BCUT2D eigenvalue weighted by molar-refractivity contribution is 5.57. The van der Waals surface area contributed by atoms with Gasteiger partial charge in [0.2, 0.25) is 11.8 Å². The number of aliphatic hydroxyl groups is 2. The summed E-state index contributed by atoms with van der Waals surface area (Å²) in [6.45, 7) is 3.77. The maximum Gasteiger partial charge on any atom is 0.281 e. The molecule has 5 fully saturated rings. The molecule has 0 aromatic carbocycles. The van der Waals surface area contributed by atoms with E-state index in [1.54, 1.807) is 0 Å². The minimum absolute atomic E-state index is 0.0526. The summed E-state index contributed by atoms with van der Waals surface area (Å²) in [5, 5.41) is 156. The zero-order valence-electron chi connectivity index (χ0n) is 47.2. The molecule has 4 heterocycles. The molecule has 3 saturated carbocycles. The lowest BCUT2D eigenvalue weighted by Crippen LogP contribution is -2.78. The van der Waals surface area contributed by atoms with E-state index in [1.165, 1.54) is 13.8 Å².